The summed E-state index contributed by atoms with van der Waals surface area (Å²) in [5.74, 6) is 3.71. The van der Waals surface area contributed by atoms with Gasteiger partial charge in [-0.25, -0.2) is 0 Å². The van der Waals surface area contributed by atoms with Crippen molar-refractivity contribution in [1.29, 1.82) is 0 Å². The second-order valence-electron chi connectivity index (χ2n) is 16.0. The Labute approximate surface area is 333 Å². The van der Waals surface area contributed by atoms with E-state index in [0.29, 0.717) is 0 Å². The Morgan fingerprint density at radius 1 is 0.778 bits per heavy atom. The van der Waals surface area contributed by atoms with Gasteiger partial charge in [0.15, 0.2) is 0 Å². The number of para-hydroxylation sites is 4. The number of furan rings is 1. The molecule has 4 nitrogen and oxygen atoms in total. The first-order chi connectivity index (χ1) is 25.9. The van der Waals surface area contributed by atoms with Gasteiger partial charge < -0.3 is 14.0 Å². The van der Waals surface area contributed by atoms with Crippen molar-refractivity contribution in [3.05, 3.63) is 145 Å². The van der Waals surface area contributed by atoms with Gasteiger partial charge in [-0.3, -0.25) is 4.98 Å². The third-order valence-electron chi connectivity index (χ3n) is 11.6. The second-order valence-corrected chi connectivity index (χ2v) is 21.1. The molecular formula is C48H45IrN3OSi-2. The molecule has 3 aliphatic carbocycles. The van der Waals surface area contributed by atoms with Crippen molar-refractivity contribution in [2.45, 2.75) is 58.2 Å². The molecule has 2 bridgehead atoms. The quantitative estimate of drug-likeness (QED) is 0.123. The maximum absolute atomic E-state index is 6.24. The number of imidazole rings is 1. The van der Waals surface area contributed by atoms with Crippen LogP contribution < -0.4 is 5.19 Å². The predicted octanol–water partition coefficient (Wildman–Crippen LogP) is 11.9. The summed E-state index contributed by atoms with van der Waals surface area (Å²) in [6.45, 7) is 7.36. The number of pyridine rings is 1. The molecule has 273 valence electrons. The van der Waals surface area contributed by atoms with Gasteiger partial charge in [0.25, 0.3) is 0 Å². The maximum Gasteiger partial charge on any atom is 0.120 e. The van der Waals surface area contributed by atoms with Crippen molar-refractivity contribution in [2.75, 3.05) is 0 Å². The van der Waals surface area contributed by atoms with Gasteiger partial charge in [0.1, 0.15) is 5.58 Å². The molecule has 1 unspecified atom stereocenters. The Hall–Kier alpha value is -4.61. The fourth-order valence-electron chi connectivity index (χ4n) is 8.98. The molecule has 3 aromatic heterocycles. The Balaban J connectivity index is 0.000000151. The van der Waals surface area contributed by atoms with Crippen LogP contribution in [0.4, 0.5) is 0 Å². The fraction of sp³-hybridized carbons (Fsp3) is 0.250. The number of fused-ring (bicyclic) bond motifs is 7. The van der Waals surface area contributed by atoms with Gasteiger partial charge >= 0.3 is 0 Å². The SMILES string of the molecule is C[Si](C)(C)c1cnc(-c2[c-]cccc2)cc1CC1CC2CCC1CC2.[Ir].[c-]1ccc2c(oc3ccccc32)c1-c1nc2ccccc2n1-c1ccccc1. The average Bonchev–Trinajstić information content (AvgIpc) is 3.78. The van der Waals surface area contributed by atoms with E-state index in [1.165, 1.54) is 38.5 Å². The van der Waals surface area contributed by atoms with Gasteiger partial charge in [0.2, 0.25) is 0 Å². The van der Waals surface area contributed by atoms with E-state index in [4.69, 9.17) is 14.4 Å². The maximum atomic E-state index is 6.24. The standard InChI is InChI=1S/C25H15N2O.C23H30NSi.Ir/c1-2-9-17(10-3-1)27-22-15-6-5-14-21(22)26-25(27)20-13-8-12-19-18-11-4-7-16-23(18)28-24(19)20;1-25(2,3)23-16-24-22(19-7-5-4-6-8-19)15-21(23)14-20-13-17-9-11-18(20)12-10-17;/h1-12,14-16H;4-7,15-18,20H,9-14H2,1-3H3;/q2*-1;. The van der Waals surface area contributed by atoms with Gasteiger partial charge in [0.05, 0.1) is 30.5 Å². The normalized spacial score (nSPS) is 18.0. The molecule has 11 rings (SSSR count). The molecule has 6 heteroatoms. The van der Waals surface area contributed by atoms with Crippen LogP contribution in [0, 0.1) is 29.9 Å². The first kappa shape index (κ1) is 36.4. The second kappa shape index (κ2) is 15.3. The van der Waals surface area contributed by atoms with Crippen LogP contribution in [-0.4, -0.2) is 22.6 Å². The molecule has 0 spiro atoms. The fourth-order valence-corrected chi connectivity index (χ4v) is 10.6. The number of hydrogen-bond acceptors (Lipinski definition) is 3. The zero-order valence-corrected chi connectivity index (χ0v) is 34.6. The van der Waals surface area contributed by atoms with Gasteiger partial charge in [-0.05, 0) is 84.6 Å². The number of benzene rings is 5. The van der Waals surface area contributed by atoms with E-state index < -0.39 is 8.07 Å². The molecule has 0 aliphatic heterocycles. The van der Waals surface area contributed by atoms with Gasteiger partial charge in [-0.2, -0.15) is 0 Å². The Morgan fingerprint density at radius 2 is 1.54 bits per heavy atom. The van der Waals surface area contributed by atoms with E-state index >= 15 is 0 Å². The Morgan fingerprint density at radius 3 is 2.30 bits per heavy atom. The van der Waals surface area contributed by atoms with E-state index in [2.05, 4.69) is 91.1 Å². The molecule has 8 aromatic rings. The van der Waals surface area contributed by atoms with E-state index in [0.717, 1.165) is 79.1 Å². The summed E-state index contributed by atoms with van der Waals surface area (Å²) in [5.41, 5.74) is 9.43. The summed E-state index contributed by atoms with van der Waals surface area (Å²) in [6.07, 6.45) is 10.8. The summed E-state index contributed by atoms with van der Waals surface area (Å²) < 4.78 is 8.41. The number of hydrogen-bond donors (Lipinski definition) is 0. The van der Waals surface area contributed by atoms with Gasteiger partial charge in [0, 0.05) is 37.4 Å². The summed E-state index contributed by atoms with van der Waals surface area (Å²) >= 11 is 0. The Bertz CT molecular complexity index is 2530. The van der Waals surface area contributed by atoms with Crippen LogP contribution in [-0.2, 0) is 26.5 Å². The summed E-state index contributed by atoms with van der Waals surface area (Å²) in [4.78, 5) is 9.77. The van der Waals surface area contributed by atoms with E-state index in [9.17, 15) is 0 Å². The van der Waals surface area contributed by atoms with Crippen molar-refractivity contribution in [2.24, 2.45) is 17.8 Å². The molecule has 1 atom stereocenters. The topological polar surface area (TPSA) is 43.9 Å². The zero-order chi connectivity index (χ0) is 35.9. The van der Waals surface area contributed by atoms with Crippen molar-refractivity contribution >= 4 is 46.2 Å². The van der Waals surface area contributed by atoms with E-state index in [1.807, 2.05) is 72.8 Å². The van der Waals surface area contributed by atoms with Crippen LogP contribution in [0.25, 0.3) is 61.3 Å². The smallest absolute Gasteiger partial charge is 0.120 e. The first-order valence-corrected chi connectivity index (χ1v) is 22.7. The Kier molecular flexibility index (Phi) is 10.3. The largest absolute Gasteiger partial charge is 0.501 e. The van der Waals surface area contributed by atoms with Crippen LogP contribution in [0.3, 0.4) is 0 Å². The van der Waals surface area contributed by atoms with Crippen molar-refractivity contribution in [3.63, 3.8) is 0 Å². The molecule has 5 aromatic carbocycles. The van der Waals surface area contributed by atoms with Crippen molar-refractivity contribution in [1.82, 2.24) is 14.5 Å². The minimum Gasteiger partial charge on any atom is -0.501 e. The minimum absolute atomic E-state index is 0. The third-order valence-corrected chi connectivity index (χ3v) is 13.7. The molecular weight excluding hydrogens is 855 g/mol. The van der Waals surface area contributed by atoms with Gasteiger partial charge in [-0.15, -0.1) is 54.1 Å². The first-order valence-electron chi connectivity index (χ1n) is 19.2. The summed E-state index contributed by atoms with van der Waals surface area (Å²) in [7, 11) is -1.38. The monoisotopic (exact) mass is 900 g/mol. The number of nitrogens with zero attached hydrogens (tertiary/aromatic N) is 3. The molecule has 3 aliphatic rings. The molecule has 1 radical (unpaired) electrons. The van der Waals surface area contributed by atoms with Gasteiger partial charge in [-0.1, -0.05) is 104 Å². The molecule has 0 N–H and O–H groups in total. The zero-order valence-electron chi connectivity index (χ0n) is 31.2. The van der Waals surface area contributed by atoms with Crippen LogP contribution >= 0.6 is 0 Å². The number of aromatic nitrogens is 3. The van der Waals surface area contributed by atoms with Crippen LogP contribution in [0.15, 0.2) is 132 Å². The molecule has 0 amide bonds. The van der Waals surface area contributed by atoms with Crippen molar-refractivity contribution in [3.8, 4) is 28.3 Å². The summed E-state index contributed by atoms with van der Waals surface area (Å²) in [6, 6.07) is 48.0. The molecule has 3 heterocycles. The predicted molar refractivity (Wildman–Crippen MR) is 221 cm³/mol. The van der Waals surface area contributed by atoms with Crippen molar-refractivity contribution < 1.29 is 24.5 Å². The number of rotatable bonds is 6. The van der Waals surface area contributed by atoms with E-state index in [-0.39, 0.29) is 20.1 Å². The molecule has 54 heavy (non-hydrogen) atoms. The molecule has 3 saturated carbocycles. The minimum atomic E-state index is -1.38. The van der Waals surface area contributed by atoms with Crippen LogP contribution in [0.1, 0.15) is 37.7 Å². The van der Waals surface area contributed by atoms with E-state index in [1.54, 1.807) is 10.8 Å². The van der Waals surface area contributed by atoms with Crippen LogP contribution in [0.2, 0.25) is 19.6 Å². The summed E-state index contributed by atoms with van der Waals surface area (Å²) in [5, 5.41) is 3.75. The molecule has 3 fully saturated rings. The molecule has 0 saturated heterocycles. The average molecular weight is 900 g/mol. The third kappa shape index (κ3) is 7.04. The van der Waals surface area contributed by atoms with Crippen LogP contribution in [0.5, 0.6) is 0 Å².